The highest BCUT2D eigenvalue weighted by Gasteiger charge is 2.60. The van der Waals surface area contributed by atoms with E-state index in [1.807, 2.05) is 6.92 Å². The van der Waals surface area contributed by atoms with Crippen molar-refractivity contribution in [1.29, 1.82) is 0 Å². The van der Waals surface area contributed by atoms with Gasteiger partial charge in [0.25, 0.3) is 5.91 Å². The minimum absolute atomic E-state index is 0.114. The molecule has 0 aliphatic heterocycles. The third-order valence-electron chi connectivity index (χ3n) is 11.8. The van der Waals surface area contributed by atoms with Crippen molar-refractivity contribution in [2.75, 3.05) is 0 Å². The maximum Gasteiger partial charge on any atom is 0.252 e. The molecule has 3 fully saturated rings. The Bertz CT molecular complexity index is 803. The lowest BCUT2D eigenvalue weighted by molar-refractivity contribution is -0.146. The number of hydrogen-bond acceptors (Lipinski definition) is 2. The van der Waals surface area contributed by atoms with Crippen LogP contribution in [0.2, 0.25) is 0 Å². The van der Waals surface area contributed by atoms with Gasteiger partial charge < -0.3 is 10.4 Å². The summed E-state index contributed by atoms with van der Waals surface area (Å²) in [7, 11) is 0. The maximum atomic E-state index is 13.0. The van der Waals surface area contributed by atoms with E-state index in [9.17, 15) is 9.90 Å². The van der Waals surface area contributed by atoms with Gasteiger partial charge in [-0.1, -0.05) is 72.5 Å². The first-order valence-electron chi connectivity index (χ1n) is 15.2. The Balaban J connectivity index is 1.47. The number of aliphatic hydroxyl groups is 1. The van der Waals surface area contributed by atoms with E-state index >= 15 is 0 Å². The monoisotopic (exact) mass is 485 g/mol. The SMILES string of the molecule is CCC(C)NC(=O)[C@]1(O)CC[C@@]2(C)C(=CC[C@H]3[C@@H]4CC[C@H]([C@H](C)CCCC(C)C)[C@@]4(C)CC[C@@H]32)C1. The van der Waals surface area contributed by atoms with Crippen LogP contribution in [0.3, 0.4) is 0 Å². The van der Waals surface area contributed by atoms with Crippen LogP contribution in [0.4, 0.5) is 0 Å². The lowest BCUT2D eigenvalue weighted by Gasteiger charge is -2.59. The Hall–Kier alpha value is -0.830. The van der Waals surface area contributed by atoms with Gasteiger partial charge in [0.05, 0.1) is 0 Å². The molecule has 3 nitrogen and oxygen atoms in total. The molecule has 4 rings (SSSR count). The summed E-state index contributed by atoms with van der Waals surface area (Å²) in [5.74, 6) is 4.76. The summed E-state index contributed by atoms with van der Waals surface area (Å²) in [6, 6.07) is 0.114. The maximum absolute atomic E-state index is 13.0. The fraction of sp³-hybridized carbons (Fsp3) is 0.906. The average molecular weight is 486 g/mol. The number of carbonyl (C=O) groups excluding carboxylic acids is 1. The van der Waals surface area contributed by atoms with Gasteiger partial charge in [0, 0.05) is 12.5 Å². The van der Waals surface area contributed by atoms with Crippen molar-refractivity contribution in [3.05, 3.63) is 11.6 Å². The van der Waals surface area contributed by atoms with E-state index in [-0.39, 0.29) is 17.4 Å². The number of fused-ring (bicyclic) bond motifs is 5. The molecule has 0 bridgehead atoms. The minimum atomic E-state index is -1.23. The van der Waals surface area contributed by atoms with E-state index in [1.165, 1.54) is 50.5 Å². The summed E-state index contributed by atoms with van der Waals surface area (Å²) < 4.78 is 0. The molecule has 3 saturated carbocycles. The molecule has 200 valence electrons. The van der Waals surface area contributed by atoms with Gasteiger partial charge in [0.2, 0.25) is 0 Å². The summed E-state index contributed by atoms with van der Waals surface area (Å²) in [5, 5.41) is 14.4. The van der Waals surface area contributed by atoms with Crippen LogP contribution in [0, 0.1) is 46.3 Å². The van der Waals surface area contributed by atoms with Gasteiger partial charge in [-0.2, -0.15) is 0 Å². The largest absolute Gasteiger partial charge is 0.380 e. The third kappa shape index (κ3) is 4.89. The van der Waals surface area contributed by atoms with E-state index in [0.29, 0.717) is 18.3 Å². The number of rotatable bonds is 8. The van der Waals surface area contributed by atoms with Gasteiger partial charge in [-0.3, -0.25) is 4.79 Å². The zero-order valence-electron chi connectivity index (χ0n) is 24.0. The Kier molecular flexibility index (Phi) is 7.89. The molecular formula is C32H55NO2. The van der Waals surface area contributed by atoms with Crippen molar-refractivity contribution >= 4 is 5.91 Å². The van der Waals surface area contributed by atoms with Crippen molar-refractivity contribution in [3.63, 3.8) is 0 Å². The molecule has 35 heavy (non-hydrogen) atoms. The summed E-state index contributed by atoms with van der Waals surface area (Å²) in [4.78, 5) is 13.0. The standard InChI is InChI=1S/C32H55NO2/c1-8-23(5)33-29(34)32(35)19-18-30(6)24(20-32)12-13-25-27-15-14-26(22(4)11-9-10-21(2)3)31(27,7)17-16-28(25)30/h12,21-23,25-28,35H,8-11,13-20H2,1-7H3,(H,33,34)/t22-,23?,25+,26-,27+,28+,30+,31-,32+/m1/s1. The summed E-state index contributed by atoms with van der Waals surface area (Å²) in [6.45, 7) is 16.5. The fourth-order valence-corrected chi connectivity index (χ4v) is 9.33. The first-order chi connectivity index (χ1) is 16.4. The van der Waals surface area contributed by atoms with Crippen molar-refractivity contribution in [2.45, 2.75) is 137 Å². The van der Waals surface area contributed by atoms with Gasteiger partial charge in [-0.25, -0.2) is 0 Å². The van der Waals surface area contributed by atoms with Crippen molar-refractivity contribution < 1.29 is 9.90 Å². The first-order valence-corrected chi connectivity index (χ1v) is 15.2. The highest BCUT2D eigenvalue weighted by Crippen LogP contribution is 2.67. The second-order valence-electron chi connectivity index (χ2n) is 14.3. The normalized spacial score (nSPS) is 42.5. The fourth-order valence-electron chi connectivity index (χ4n) is 9.33. The number of amides is 1. The molecule has 1 unspecified atom stereocenters. The number of carbonyl (C=O) groups is 1. The van der Waals surface area contributed by atoms with Crippen molar-refractivity contribution in [1.82, 2.24) is 5.32 Å². The van der Waals surface area contributed by atoms with Crippen LogP contribution in [-0.4, -0.2) is 22.7 Å². The van der Waals surface area contributed by atoms with Gasteiger partial charge in [-0.05, 0) is 105 Å². The Morgan fingerprint density at radius 1 is 1.06 bits per heavy atom. The van der Waals surface area contributed by atoms with E-state index < -0.39 is 5.60 Å². The van der Waals surface area contributed by atoms with E-state index in [0.717, 1.165) is 54.8 Å². The predicted molar refractivity (Wildman–Crippen MR) is 146 cm³/mol. The van der Waals surface area contributed by atoms with Crippen LogP contribution in [0.25, 0.3) is 0 Å². The molecule has 0 radical (unpaired) electrons. The average Bonchev–Trinajstić information content (AvgIpc) is 3.16. The van der Waals surface area contributed by atoms with Crippen LogP contribution >= 0.6 is 0 Å². The second-order valence-corrected chi connectivity index (χ2v) is 14.3. The number of allylic oxidation sites excluding steroid dienone is 1. The lowest BCUT2D eigenvalue weighted by atomic mass is 9.46. The molecule has 9 atom stereocenters. The summed E-state index contributed by atoms with van der Waals surface area (Å²) >= 11 is 0. The minimum Gasteiger partial charge on any atom is -0.380 e. The third-order valence-corrected chi connectivity index (χ3v) is 11.8. The zero-order valence-corrected chi connectivity index (χ0v) is 24.0. The summed E-state index contributed by atoms with van der Waals surface area (Å²) in [6.07, 6.45) is 16.3. The van der Waals surface area contributed by atoms with Gasteiger partial charge in [0.1, 0.15) is 5.60 Å². The molecule has 4 aliphatic carbocycles. The van der Waals surface area contributed by atoms with E-state index in [4.69, 9.17) is 0 Å². The zero-order chi connectivity index (χ0) is 25.6. The number of nitrogens with one attached hydrogen (secondary N) is 1. The topological polar surface area (TPSA) is 49.3 Å². The highest BCUT2D eigenvalue weighted by molar-refractivity contribution is 5.85. The lowest BCUT2D eigenvalue weighted by Crippen LogP contribution is -2.56. The Morgan fingerprint density at radius 2 is 1.80 bits per heavy atom. The Morgan fingerprint density at radius 3 is 2.49 bits per heavy atom. The van der Waals surface area contributed by atoms with Crippen LogP contribution in [-0.2, 0) is 4.79 Å². The van der Waals surface area contributed by atoms with Gasteiger partial charge in [-0.15, -0.1) is 0 Å². The summed E-state index contributed by atoms with van der Waals surface area (Å²) in [5.41, 5.74) is 0.820. The molecule has 0 aromatic rings. The molecular weight excluding hydrogens is 430 g/mol. The van der Waals surface area contributed by atoms with Crippen LogP contribution in [0.15, 0.2) is 11.6 Å². The van der Waals surface area contributed by atoms with Crippen LogP contribution < -0.4 is 5.32 Å². The van der Waals surface area contributed by atoms with Crippen molar-refractivity contribution in [3.8, 4) is 0 Å². The second kappa shape index (κ2) is 10.1. The molecule has 0 aromatic carbocycles. The predicted octanol–water partition coefficient (Wildman–Crippen LogP) is 7.67. The first kappa shape index (κ1) is 27.2. The smallest absolute Gasteiger partial charge is 0.252 e. The molecule has 0 heterocycles. The molecule has 4 aliphatic rings. The van der Waals surface area contributed by atoms with Crippen LogP contribution in [0.1, 0.15) is 126 Å². The highest BCUT2D eigenvalue weighted by atomic mass is 16.3. The van der Waals surface area contributed by atoms with Gasteiger partial charge in [0.15, 0.2) is 0 Å². The van der Waals surface area contributed by atoms with E-state index in [2.05, 4.69) is 52.9 Å². The molecule has 0 saturated heterocycles. The van der Waals surface area contributed by atoms with E-state index in [1.54, 1.807) is 0 Å². The molecule has 1 amide bonds. The number of hydrogen-bond donors (Lipinski definition) is 2. The molecule has 2 N–H and O–H groups in total. The molecule has 0 aromatic heterocycles. The van der Waals surface area contributed by atoms with Crippen molar-refractivity contribution in [2.24, 2.45) is 46.3 Å². The van der Waals surface area contributed by atoms with Crippen LogP contribution in [0.5, 0.6) is 0 Å². The molecule has 0 spiro atoms. The quantitative estimate of drug-likeness (QED) is 0.346. The molecule has 3 heteroatoms. The van der Waals surface area contributed by atoms with Gasteiger partial charge >= 0.3 is 0 Å². The Labute approximate surface area is 216 Å².